The first-order valence-electron chi connectivity index (χ1n) is 9.14. The van der Waals surface area contributed by atoms with Gasteiger partial charge in [-0.1, -0.05) is 26.0 Å². The minimum Gasteiger partial charge on any atom is -0.486 e. The van der Waals surface area contributed by atoms with Gasteiger partial charge < -0.3 is 20.1 Å². The Bertz CT molecular complexity index is 758. The minimum atomic E-state index is -0.363. The van der Waals surface area contributed by atoms with Crippen molar-refractivity contribution in [3.05, 3.63) is 48.0 Å². The van der Waals surface area contributed by atoms with Crippen LogP contribution >= 0.6 is 0 Å². The molecule has 0 fully saturated rings. The predicted octanol–water partition coefficient (Wildman–Crippen LogP) is 4.41. The number of hydrogen-bond acceptors (Lipinski definition) is 4. The second-order valence-corrected chi connectivity index (χ2v) is 6.65. The Morgan fingerprint density at radius 3 is 2.35 bits per heavy atom. The van der Waals surface area contributed by atoms with Gasteiger partial charge in [0.15, 0.2) is 11.5 Å². The number of amides is 1. The van der Waals surface area contributed by atoms with E-state index < -0.39 is 0 Å². The SMILES string of the molecule is CC[C@H](C)c1ccc(N[C@H](C)C(=O)Nc2ccc3c(c2)OCCO3)cc1. The number of fused-ring (bicyclic) bond motifs is 1. The Hall–Kier alpha value is -2.69. The maximum absolute atomic E-state index is 12.5. The van der Waals surface area contributed by atoms with Crippen LogP contribution in [0.4, 0.5) is 11.4 Å². The van der Waals surface area contributed by atoms with E-state index in [4.69, 9.17) is 9.47 Å². The fourth-order valence-electron chi connectivity index (χ4n) is 2.83. The fourth-order valence-corrected chi connectivity index (χ4v) is 2.83. The van der Waals surface area contributed by atoms with Crippen LogP contribution in [-0.2, 0) is 4.79 Å². The van der Waals surface area contributed by atoms with Crippen LogP contribution in [0.3, 0.4) is 0 Å². The van der Waals surface area contributed by atoms with Crippen molar-refractivity contribution < 1.29 is 14.3 Å². The van der Waals surface area contributed by atoms with Gasteiger partial charge in [-0.05, 0) is 49.1 Å². The highest BCUT2D eigenvalue weighted by molar-refractivity contribution is 5.96. The number of benzene rings is 2. The number of rotatable bonds is 6. The zero-order valence-electron chi connectivity index (χ0n) is 15.5. The van der Waals surface area contributed by atoms with Crippen molar-refractivity contribution in [2.24, 2.45) is 0 Å². The van der Waals surface area contributed by atoms with Gasteiger partial charge in [0, 0.05) is 17.4 Å². The Morgan fingerprint density at radius 2 is 1.65 bits per heavy atom. The molecule has 0 spiro atoms. The van der Waals surface area contributed by atoms with E-state index in [0.29, 0.717) is 36.3 Å². The van der Waals surface area contributed by atoms with Gasteiger partial charge in [-0.15, -0.1) is 0 Å². The molecule has 0 radical (unpaired) electrons. The topological polar surface area (TPSA) is 59.6 Å². The molecule has 2 aromatic carbocycles. The highest BCUT2D eigenvalue weighted by Crippen LogP contribution is 2.32. The number of hydrogen-bond donors (Lipinski definition) is 2. The van der Waals surface area contributed by atoms with Crippen LogP contribution in [0.15, 0.2) is 42.5 Å². The first-order valence-corrected chi connectivity index (χ1v) is 9.14. The number of carbonyl (C=O) groups excluding carboxylic acids is 1. The first kappa shape index (κ1) is 18.1. The molecule has 1 aliphatic rings. The number of anilines is 2. The lowest BCUT2D eigenvalue weighted by atomic mass is 9.98. The lowest BCUT2D eigenvalue weighted by Gasteiger charge is -2.20. The van der Waals surface area contributed by atoms with E-state index in [1.54, 1.807) is 6.07 Å². The van der Waals surface area contributed by atoms with Gasteiger partial charge in [0.05, 0.1) is 0 Å². The Morgan fingerprint density at radius 1 is 1.00 bits per heavy atom. The molecule has 1 heterocycles. The molecule has 3 rings (SSSR count). The zero-order chi connectivity index (χ0) is 18.5. The molecule has 0 unspecified atom stereocenters. The summed E-state index contributed by atoms with van der Waals surface area (Å²) in [7, 11) is 0. The van der Waals surface area contributed by atoms with E-state index in [1.165, 1.54) is 5.56 Å². The maximum Gasteiger partial charge on any atom is 0.246 e. The molecule has 0 bridgehead atoms. The molecule has 5 nitrogen and oxygen atoms in total. The minimum absolute atomic E-state index is 0.104. The highest BCUT2D eigenvalue weighted by Gasteiger charge is 2.16. The van der Waals surface area contributed by atoms with E-state index in [-0.39, 0.29) is 11.9 Å². The lowest BCUT2D eigenvalue weighted by molar-refractivity contribution is -0.116. The highest BCUT2D eigenvalue weighted by atomic mass is 16.6. The van der Waals surface area contributed by atoms with E-state index in [0.717, 1.165) is 12.1 Å². The van der Waals surface area contributed by atoms with Crippen molar-refractivity contribution in [3.63, 3.8) is 0 Å². The van der Waals surface area contributed by atoms with Gasteiger partial charge in [-0.3, -0.25) is 4.79 Å². The summed E-state index contributed by atoms with van der Waals surface area (Å²) >= 11 is 0. The smallest absolute Gasteiger partial charge is 0.246 e. The Labute approximate surface area is 154 Å². The van der Waals surface area contributed by atoms with E-state index in [1.807, 2.05) is 31.2 Å². The zero-order valence-corrected chi connectivity index (χ0v) is 15.5. The van der Waals surface area contributed by atoms with Crippen LogP contribution in [0.25, 0.3) is 0 Å². The van der Waals surface area contributed by atoms with Crippen molar-refractivity contribution in [2.75, 3.05) is 23.8 Å². The lowest BCUT2D eigenvalue weighted by Crippen LogP contribution is -2.31. The van der Waals surface area contributed by atoms with Gasteiger partial charge in [0.1, 0.15) is 19.3 Å². The second-order valence-electron chi connectivity index (χ2n) is 6.65. The molecule has 138 valence electrons. The molecule has 0 saturated heterocycles. The van der Waals surface area contributed by atoms with Gasteiger partial charge in [-0.2, -0.15) is 0 Å². The average molecular weight is 354 g/mol. The quantitative estimate of drug-likeness (QED) is 0.807. The molecule has 0 aromatic heterocycles. The molecule has 26 heavy (non-hydrogen) atoms. The van der Waals surface area contributed by atoms with Gasteiger partial charge in [-0.25, -0.2) is 0 Å². The summed E-state index contributed by atoms with van der Waals surface area (Å²) in [5.41, 5.74) is 2.94. The van der Waals surface area contributed by atoms with E-state index in [2.05, 4.69) is 36.6 Å². The average Bonchev–Trinajstić information content (AvgIpc) is 2.67. The van der Waals surface area contributed by atoms with Crippen molar-refractivity contribution in [1.29, 1.82) is 0 Å². The van der Waals surface area contributed by atoms with E-state index in [9.17, 15) is 4.79 Å². The number of nitrogens with one attached hydrogen (secondary N) is 2. The Balaban J connectivity index is 1.59. The van der Waals surface area contributed by atoms with Crippen molar-refractivity contribution >= 4 is 17.3 Å². The third-order valence-electron chi connectivity index (χ3n) is 4.68. The molecule has 2 N–H and O–H groups in total. The summed E-state index contributed by atoms with van der Waals surface area (Å²) in [5.74, 6) is 1.81. The Kier molecular flexibility index (Phi) is 5.66. The van der Waals surface area contributed by atoms with Gasteiger partial charge in [0.25, 0.3) is 0 Å². The van der Waals surface area contributed by atoms with Crippen molar-refractivity contribution in [1.82, 2.24) is 0 Å². The third-order valence-corrected chi connectivity index (χ3v) is 4.68. The largest absolute Gasteiger partial charge is 0.486 e. The molecule has 1 amide bonds. The summed E-state index contributed by atoms with van der Waals surface area (Å²) in [6.07, 6.45) is 1.11. The van der Waals surface area contributed by atoms with Crippen molar-refractivity contribution in [2.45, 2.75) is 39.2 Å². The molecule has 2 aromatic rings. The van der Waals surface area contributed by atoms with Crippen LogP contribution in [0.1, 0.15) is 38.7 Å². The molecule has 5 heteroatoms. The number of ether oxygens (including phenoxy) is 2. The molecule has 1 aliphatic heterocycles. The summed E-state index contributed by atoms with van der Waals surface area (Å²) in [6.45, 7) is 7.31. The van der Waals surface area contributed by atoms with Crippen molar-refractivity contribution in [3.8, 4) is 11.5 Å². The standard InChI is InChI=1S/C21H26N2O3/c1-4-14(2)16-5-7-17(8-6-16)22-15(3)21(24)23-18-9-10-19-20(13-18)26-12-11-25-19/h5-10,13-15,22H,4,11-12H2,1-3H3,(H,23,24)/t14-,15+/m0/s1. The summed E-state index contributed by atoms with van der Waals surface area (Å²) in [5, 5.41) is 6.15. The van der Waals surface area contributed by atoms with Crippen LogP contribution < -0.4 is 20.1 Å². The molecule has 2 atom stereocenters. The van der Waals surface area contributed by atoms with Gasteiger partial charge >= 0.3 is 0 Å². The molecule has 0 saturated carbocycles. The monoisotopic (exact) mass is 354 g/mol. The van der Waals surface area contributed by atoms with Crippen LogP contribution in [-0.4, -0.2) is 25.2 Å². The van der Waals surface area contributed by atoms with Crippen LogP contribution in [0.5, 0.6) is 11.5 Å². The fraction of sp³-hybridized carbons (Fsp3) is 0.381. The third kappa shape index (κ3) is 4.28. The summed E-state index contributed by atoms with van der Waals surface area (Å²) in [6, 6.07) is 13.3. The molecular formula is C21H26N2O3. The first-order chi connectivity index (χ1) is 12.6. The molecule has 0 aliphatic carbocycles. The van der Waals surface area contributed by atoms with Crippen LogP contribution in [0, 0.1) is 0 Å². The second kappa shape index (κ2) is 8.13. The number of carbonyl (C=O) groups is 1. The summed E-state index contributed by atoms with van der Waals surface area (Å²) in [4.78, 5) is 12.5. The van der Waals surface area contributed by atoms with Crippen LogP contribution in [0.2, 0.25) is 0 Å². The predicted molar refractivity (Wildman–Crippen MR) is 104 cm³/mol. The van der Waals surface area contributed by atoms with E-state index >= 15 is 0 Å². The van der Waals surface area contributed by atoms with Gasteiger partial charge in [0.2, 0.25) is 5.91 Å². The summed E-state index contributed by atoms with van der Waals surface area (Å²) < 4.78 is 11.0. The normalized spacial score (nSPS) is 15.0. The maximum atomic E-state index is 12.5. The molecular weight excluding hydrogens is 328 g/mol.